The number of likely N-dealkylation sites (N-methyl/N-ethyl adjacent to an activating group) is 2. The second-order valence-corrected chi connectivity index (χ2v) is 8.18. The van der Waals surface area contributed by atoms with Gasteiger partial charge in [-0.15, -0.1) is 11.3 Å². The summed E-state index contributed by atoms with van der Waals surface area (Å²) in [5.74, 6) is 0. The molecular formula is C12H20N2O3S2. The zero-order chi connectivity index (χ0) is 14.0. The predicted octanol–water partition coefficient (Wildman–Crippen LogP) is 0.955. The zero-order valence-electron chi connectivity index (χ0n) is 11.2. The van der Waals surface area contributed by atoms with Crippen molar-refractivity contribution in [3.8, 4) is 0 Å². The van der Waals surface area contributed by atoms with Gasteiger partial charge in [0.2, 0.25) is 0 Å². The SMILES string of the molecule is CN1CCCC1CN(C)S(=O)(=O)c1cc(CO)cs1. The van der Waals surface area contributed by atoms with Crippen molar-refractivity contribution in [1.82, 2.24) is 9.21 Å². The average molecular weight is 304 g/mol. The molecule has 1 unspecified atom stereocenters. The third-order valence-corrected chi connectivity index (χ3v) is 6.90. The highest BCUT2D eigenvalue weighted by Crippen LogP contribution is 2.25. The molecule has 1 atom stereocenters. The maximum atomic E-state index is 12.4. The zero-order valence-corrected chi connectivity index (χ0v) is 12.9. The molecule has 0 aliphatic carbocycles. The Morgan fingerprint density at radius 1 is 1.58 bits per heavy atom. The van der Waals surface area contributed by atoms with Crippen LogP contribution in [0, 0.1) is 0 Å². The molecule has 0 aromatic carbocycles. The minimum Gasteiger partial charge on any atom is -0.392 e. The van der Waals surface area contributed by atoms with Crippen molar-refractivity contribution in [2.24, 2.45) is 0 Å². The van der Waals surface area contributed by atoms with Crippen LogP contribution in [0.3, 0.4) is 0 Å². The predicted molar refractivity (Wildman–Crippen MR) is 75.7 cm³/mol. The van der Waals surface area contributed by atoms with Crippen LogP contribution >= 0.6 is 11.3 Å². The molecule has 1 fully saturated rings. The molecule has 0 spiro atoms. The Hall–Kier alpha value is -0.470. The Labute approximate surface area is 118 Å². The van der Waals surface area contributed by atoms with Gasteiger partial charge in [-0.25, -0.2) is 8.42 Å². The van der Waals surface area contributed by atoms with Gasteiger partial charge in [0.1, 0.15) is 4.21 Å². The standard InChI is InChI=1S/C12H20N2O3S2/c1-13-5-3-4-11(13)7-14(2)19(16,17)12-6-10(8-15)9-18-12/h6,9,11,15H,3-5,7-8H2,1-2H3. The maximum absolute atomic E-state index is 12.4. The van der Waals surface area contributed by atoms with Crippen LogP contribution in [0.4, 0.5) is 0 Å². The van der Waals surface area contributed by atoms with Crippen molar-refractivity contribution >= 4 is 21.4 Å². The van der Waals surface area contributed by atoms with Gasteiger partial charge in [-0.1, -0.05) is 0 Å². The summed E-state index contributed by atoms with van der Waals surface area (Å²) in [7, 11) is 0.235. The molecule has 108 valence electrons. The van der Waals surface area contributed by atoms with Crippen LogP contribution in [0.15, 0.2) is 15.7 Å². The minimum absolute atomic E-state index is 0.124. The molecule has 0 saturated carbocycles. The summed E-state index contributed by atoms with van der Waals surface area (Å²) < 4.78 is 26.5. The fourth-order valence-electron chi connectivity index (χ4n) is 2.33. The summed E-state index contributed by atoms with van der Waals surface area (Å²) >= 11 is 1.16. The van der Waals surface area contributed by atoms with Crippen LogP contribution in [0.25, 0.3) is 0 Å². The summed E-state index contributed by atoms with van der Waals surface area (Å²) in [6.45, 7) is 1.43. The van der Waals surface area contributed by atoms with Crippen molar-refractivity contribution in [1.29, 1.82) is 0 Å². The van der Waals surface area contributed by atoms with E-state index in [2.05, 4.69) is 4.90 Å². The van der Waals surface area contributed by atoms with Crippen LogP contribution in [-0.2, 0) is 16.6 Å². The Morgan fingerprint density at radius 3 is 2.84 bits per heavy atom. The van der Waals surface area contributed by atoms with E-state index >= 15 is 0 Å². The highest BCUT2D eigenvalue weighted by atomic mass is 32.2. The van der Waals surface area contributed by atoms with E-state index in [-0.39, 0.29) is 6.61 Å². The number of thiophene rings is 1. The molecule has 7 heteroatoms. The molecule has 0 radical (unpaired) electrons. The first kappa shape index (κ1) is 14.9. The van der Waals surface area contributed by atoms with Crippen molar-refractivity contribution in [2.45, 2.75) is 29.7 Å². The quantitative estimate of drug-likeness (QED) is 0.880. The number of aliphatic hydroxyl groups is 1. The van der Waals surface area contributed by atoms with Crippen molar-refractivity contribution < 1.29 is 13.5 Å². The number of rotatable bonds is 5. The van der Waals surface area contributed by atoms with Gasteiger partial charge in [-0.2, -0.15) is 4.31 Å². The van der Waals surface area contributed by atoms with Gasteiger partial charge in [-0.3, -0.25) is 0 Å². The summed E-state index contributed by atoms with van der Waals surface area (Å²) in [6, 6.07) is 1.85. The molecule has 1 aliphatic heterocycles. The summed E-state index contributed by atoms with van der Waals surface area (Å²) in [5.41, 5.74) is 0.648. The second kappa shape index (κ2) is 5.88. The molecule has 1 N–H and O–H groups in total. The molecule has 19 heavy (non-hydrogen) atoms. The topological polar surface area (TPSA) is 60.9 Å². The first-order valence-corrected chi connectivity index (χ1v) is 8.62. The second-order valence-electron chi connectivity index (χ2n) is 4.99. The van der Waals surface area contributed by atoms with Crippen LogP contribution in [-0.4, -0.2) is 56.0 Å². The number of hydrogen-bond donors (Lipinski definition) is 1. The lowest BCUT2D eigenvalue weighted by Gasteiger charge is -2.24. The van der Waals surface area contributed by atoms with Gasteiger partial charge >= 0.3 is 0 Å². The Morgan fingerprint density at radius 2 is 2.32 bits per heavy atom. The minimum atomic E-state index is -3.43. The smallest absolute Gasteiger partial charge is 0.252 e. The molecule has 0 amide bonds. The van der Waals surface area contributed by atoms with Crippen molar-refractivity contribution in [3.63, 3.8) is 0 Å². The first-order chi connectivity index (χ1) is 8.95. The largest absolute Gasteiger partial charge is 0.392 e. The molecule has 2 rings (SSSR count). The lowest BCUT2D eigenvalue weighted by atomic mass is 10.2. The van der Waals surface area contributed by atoms with Gasteiger partial charge in [0.25, 0.3) is 10.0 Å². The third-order valence-electron chi connectivity index (χ3n) is 3.62. The summed E-state index contributed by atoms with van der Waals surface area (Å²) in [4.78, 5) is 2.21. The molecule has 1 aromatic rings. The fraction of sp³-hybridized carbons (Fsp3) is 0.667. The number of likely N-dealkylation sites (tertiary alicyclic amines) is 1. The van der Waals surface area contributed by atoms with E-state index < -0.39 is 10.0 Å². The van der Waals surface area contributed by atoms with Gasteiger partial charge in [0.05, 0.1) is 6.61 Å². The normalized spacial score (nSPS) is 21.4. The number of nitrogens with zero attached hydrogens (tertiary/aromatic N) is 2. The summed E-state index contributed by atoms with van der Waals surface area (Å²) in [6.07, 6.45) is 2.17. The molecule has 2 heterocycles. The Balaban J connectivity index is 2.10. The van der Waals surface area contributed by atoms with E-state index in [0.29, 0.717) is 22.4 Å². The van der Waals surface area contributed by atoms with E-state index in [0.717, 1.165) is 30.7 Å². The van der Waals surface area contributed by atoms with E-state index in [1.54, 1.807) is 18.5 Å². The number of aliphatic hydroxyl groups excluding tert-OH is 1. The molecule has 5 nitrogen and oxygen atoms in total. The van der Waals surface area contributed by atoms with E-state index in [9.17, 15) is 8.42 Å². The fourth-order valence-corrected chi connectivity index (χ4v) is 4.95. The Kier molecular flexibility index (Phi) is 4.62. The van der Waals surface area contributed by atoms with Crippen LogP contribution < -0.4 is 0 Å². The van der Waals surface area contributed by atoms with Gasteiger partial charge in [0, 0.05) is 19.6 Å². The van der Waals surface area contributed by atoms with E-state index in [4.69, 9.17) is 5.11 Å². The van der Waals surface area contributed by atoms with Crippen LogP contribution in [0.2, 0.25) is 0 Å². The molecule has 1 saturated heterocycles. The summed E-state index contributed by atoms with van der Waals surface area (Å²) in [5, 5.41) is 10.7. The monoisotopic (exact) mass is 304 g/mol. The average Bonchev–Trinajstić information content (AvgIpc) is 2.99. The van der Waals surface area contributed by atoms with Crippen molar-refractivity contribution in [2.75, 3.05) is 27.2 Å². The maximum Gasteiger partial charge on any atom is 0.252 e. The highest BCUT2D eigenvalue weighted by Gasteiger charge is 2.28. The lowest BCUT2D eigenvalue weighted by Crippen LogP contribution is -2.39. The molecule has 1 aromatic heterocycles. The molecule has 0 bridgehead atoms. The number of hydrogen-bond acceptors (Lipinski definition) is 5. The molecular weight excluding hydrogens is 284 g/mol. The van der Waals surface area contributed by atoms with Crippen LogP contribution in [0.5, 0.6) is 0 Å². The highest BCUT2D eigenvalue weighted by molar-refractivity contribution is 7.91. The Bertz CT molecular complexity index is 527. The van der Waals surface area contributed by atoms with Gasteiger partial charge in [-0.05, 0) is 43.4 Å². The van der Waals surface area contributed by atoms with Gasteiger partial charge < -0.3 is 10.0 Å². The third kappa shape index (κ3) is 3.17. The van der Waals surface area contributed by atoms with Gasteiger partial charge in [0.15, 0.2) is 0 Å². The van der Waals surface area contributed by atoms with E-state index in [1.165, 1.54) is 4.31 Å². The molecule has 1 aliphatic rings. The van der Waals surface area contributed by atoms with Crippen LogP contribution in [0.1, 0.15) is 18.4 Å². The van der Waals surface area contributed by atoms with Crippen molar-refractivity contribution in [3.05, 3.63) is 17.0 Å². The number of sulfonamides is 1. The first-order valence-electron chi connectivity index (χ1n) is 6.30. The van der Waals surface area contributed by atoms with E-state index in [1.807, 2.05) is 7.05 Å². The lowest BCUT2D eigenvalue weighted by molar-refractivity contribution is 0.271.